The van der Waals surface area contributed by atoms with Crippen LogP contribution < -0.4 is 5.32 Å². The molecular formula is C11H10F3N3O4. The Morgan fingerprint density at radius 2 is 2.19 bits per heavy atom. The van der Waals surface area contributed by atoms with Gasteiger partial charge in [0.1, 0.15) is 0 Å². The Morgan fingerprint density at radius 1 is 1.48 bits per heavy atom. The Labute approximate surface area is 115 Å². The van der Waals surface area contributed by atoms with E-state index in [9.17, 15) is 18.0 Å². The smallest absolute Gasteiger partial charge is 0.417 e. The summed E-state index contributed by atoms with van der Waals surface area (Å²) in [5.41, 5.74) is -3.12. The fraction of sp³-hybridized carbons (Fsp3) is 0.364. The third kappa shape index (κ3) is 2.89. The van der Waals surface area contributed by atoms with Gasteiger partial charge >= 0.3 is 12.1 Å². The van der Waals surface area contributed by atoms with Crippen molar-refractivity contribution >= 4 is 5.97 Å². The minimum atomic E-state index is -4.98. The molecule has 7 nitrogen and oxygen atoms in total. The number of nitrogens with one attached hydrogen (secondary N) is 1. The quantitative estimate of drug-likeness (QED) is 0.868. The molecule has 2 heterocycles. The van der Waals surface area contributed by atoms with Crippen molar-refractivity contribution in [2.75, 3.05) is 0 Å². The number of halogens is 3. The second kappa shape index (κ2) is 5.20. The molecule has 0 aliphatic heterocycles. The molecule has 0 saturated heterocycles. The minimum Gasteiger partial charge on any atom is -0.480 e. The highest BCUT2D eigenvalue weighted by atomic mass is 19.4. The van der Waals surface area contributed by atoms with Crippen molar-refractivity contribution in [3.63, 3.8) is 0 Å². The van der Waals surface area contributed by atoms with Crippen LogP contribution >= 0.6 is 0 Å². The number of rotatable bonds is 5. The van der Waals surface area contributed by atoms with E-state index in [-0.39, 0.29) is 17.5 Å². The molecule has 0 radical (unpaired) electrons. The van der Waals surface area contributed by atoms with Gasteiger partial charge in [0.05, 0.1) is 12.8 Å². The maximum absolute atomic E-state index is 12.8. The molecule has 114 valence electrons. The van der Waals surface area contributed by atoms with Crippen molar-refractivity contribution in [2.24, 2.45) is 0 Å². The third-order valence-corrected chi connectivity index (χ3v) is 2.80. The van der Waals surface area contributed by atoms with Gasteiger partial charge in [0.2, 0.25) is 17.3 Å². The second-order valence-corrected chi connectivity index (χ2v) is 4.27. The largest absolute Gasteiger partial charge is 0.480 e. The molecule has 10 heteroatoms. The number of carbonyl (C=O) groups is 1. The van der Waals surface area contributed by atoms with Crippen LogP contribution in [0.5, 0.6) is 0 Å². The number of hydrogen-bond acceptors (Lipinski definition) is 6. The van der Waals surface area contributed by atoms with Crippen LogP contribution in [0.2, 0.25) is 0 Å². The van der Waals surface area contributed by atoms with Gasteiger partial charge in [-0.15, -0.1) is 0 Å². The maximum atomic E-state index is 12.8. The summed E-state index contributed by atoms with van der Waals surface area (Å²) in [5, 5.41) is 14.1. The molecule has 0 bridgehead atoms. The third-order valence-electron chi connectivity index (χ3n) is 2.80. The standard InChI is InChI=1S/C11H10F3N3O4/c1-10(9(18)19,11(12,13)14)15-5-7-16-8(17-21-7)6-3-2-4-20-6/h2-4,15H,5H2,1H3,(H,18,19). The Morgan fingerprint density at radius 3 is 2.71 bits per heavy atom. The van der Waals surface area contributed by atoms with Crippen molar-refractivity contribution < 1.29 is 32.0 Å². The molecule has 2 N–H and O–H groups in total. The molecule has 1 atom stereocenters. The highest BCUT2D eigenvalue weighted by Crippen LogP contribution is 2.30. The summed E-state index contributed by atoms with van der Waals surface area (Å²) in [5.74, 6) is -1.92. The van der Waals surface area contributed by atoms with Crippen molar-refractivity contribution in [2.45, 2.75) is 25.2 Å². The SMILES string of the molecule is CC(NCc1nc(-c2ccco2)no1)(C(=O)O)C(F)(F)F. The van der Waals surface area contributed by atoms with Gasteiger partial charge in [0.25, 0.3) is 0 Å². The number of furan rings is 1. The average Bonchev–Trinajstić information content (AvgIpc) is 3.04. The van der Waals surface area contributed by atoms with E-state index < -0.39 is 24.2 Å². The molecule has 2 rings (SSSR count). The molecule has 0 aromatic carbocycles. The fourth-order valence-electron chi connectivity index (χ4n) is 1.38. The molecule has 0 fully saturated rings. The number of aromatic nitrogens is 2. The predicted octanol–water partition coefficient (Wildman–Crippen LogP) is 1.82. The summed E-state index contributed by atoms with van der Waals surface area (Å²) in [6.07, 6.45) is -3.61. The normalized spacial score (nSPS) is 14.9. The van der Waals surface area contributed by atoms with E-state index in [1.165, 1.54) is 6.26 Å². The second-order valence-electron chi connectivity index (χ2n) is 4.27. The number of hydrogen-bond donors (Lipinski definition) is 2. The van der Waals surface area contributed by atoms with E-state index in [0.717, 1.165) is 0 Å². The van der Waals surface area contributed by atoms with Crippen LogP contribution in [-0.4, -0.2) is 32.9 Å². The van der Waals surface area contributed by atoms with Crippen LogP contribution in [0.25, 0.3) is 11.6 Å². The van der Waals surface area contributed by atoms with Gasteiger partial charge in [-0.3, -0.25) is 5.32 Å². The van der Waals surface area contributed by atoms with Gasteiger partial charge in [0.15, 0.2) is 5.76 Å². The topological polar surface area (TPSA) is 101 Å². The Hall–Kier alpha value is -2.36. The highest BCUT2D eigenvalue weighted by Gasteiger charge is 2.57. The van der Waals surface area contributed by atoms with Crippen molar-refractivity contribution in [3.05, 3.63) is 24.3 Å². The summed E-state index contributed by atoms with van der Waals surface area (Å²) < 4.78 is 48.0. The number of nitrogens with zero attached hydrogens (tertiary/aromatic N) is 2. The molecule has 0 spiro atoms. The molecule has 0 amide bonds. The van der Waals surface area contributed by atoms with E-state index >= 15 is 0 Å². The Bertz CT molecular complexity index is 623. The Kier molecular flexibility index (Phi) is 3.73. The lowest BCUT2D eigenvalue weighted by Gasteiger charge is -2.27. The molecular weight excluding hydrogens is 295 g/mol. The van der Waals surface area contributed by atoms with Crippen LogP contribution in [0, 0.1) is 0 Å². The predicted molar refractivity (Wildman–Crippen MR) is 60.9 cm³/mol. The first-order chi connectivity index (χ1) is 9.74. The van der Waals surface area contributed by atoms with E-state index in [2.05, 4.69) is 10.1 Å². The minimum absolute atomic E-state index is 0.0563. The van der Waals surface area contributed by atoms with E-state index in [4.69, 9.17) is 14.0 Å². The summed E-state index contributed by atoms with van der Waals surface area (Å²) in [6.45, 7) is -0.0465. The number of alkyl halides is 3. The van der Waals surface area contributed by atoms with Gasteiger partial charge < -0.3 is 14.0 Å². The maximum Gasteiger partial charge on any atom is 0.417 e. The molecule has 1 unspecified atom stereocenters. The van der Waals surface area contributed by atoms with Gasteiger partial charge in [-0.2, -0.15) is 18.2 Å². The molecule has 0 aliphatic carbocycles. The van der Waals surface area contributed by atoms with Gasteiger partial charge in [-0.25, -0.2) is 4.79 Å². The van der Waals surface area contributed by atoms with Crippen LogP contribution in [-0.2, 0) is 11.3 Å². The lowest BCUT2D eigenvalue weighted by atomic mass is 10.0. The van der Waals surface area contributed by atoms with Crippen molar-refractivity contribution in [1.29, 1.82) is 0 Å². The Balaban J connectivity index is 2.11. The van der Waals surface area contributed by atoms with Crippen LogP contribution in [0.15, 0.2) is 27.3 Å². The first kappa shape index (κ1) is 15.0. The molecule has 0 saturated carbocycles. The first-order valence-electron chi connectivity index (χ1n) is 5.65. The van der Waals surface area contributed by atoms with E-state index in [1.807, 2.05) is 5.32 Å². The summed E-state index contributed by atoms with van der Waals surface area (Å²) in [6, 6.07) is 3.12. The number of aliphatic carboxylic acids is 1. The molecule has 21 heavy (non-hydrogen) atoms. The van der Waals surface area contributed by atoms with Gasteiger partial charge in [0, 0.05) is 0 Å². The zero-order chi connectivity index (χ0) is 15.7. The molecule has 2 aromatic rings. The number of carboxylic acids is 1. The monoisotopic (exact) mass is 305 g/mol. The molecule has 0 aliphatic rings. The lowest BCUT2D eigenvalue weighted by Crippen LogP contribution is -2.59. The van der Waals surface area contributed by atoms with Gasteiger partial charge in [-0.1, -0.05) is 5.16 Å². The van der Waals surface area contributed by atoms with E-state index in [0.29, 0.717) is 6.92 Å². The van der Waals surface area contributed by atoms with Gasteiger partial charge in [-0.05, 0) is 19.1 Å². The highest BCUT2D eigenvalue weighted by molar-refractivity contribution is 5.79. The zero-order valence-corrected chi connectivity index (χ0v) is 10.6. The van der Waals surface area contributed by atoms with Crippen molar-refractivity contribution in [3.8, 4) is 11.6 Å². The fourth-order valence-corrected chi connectivity index (χ4v) is 1.38. The van der Waals surface area contributed by atoms with Crippen molar-refractivity contribution in [1.82, 2.24) is 15.5 Å². The zero-order valence-electron chi connectivity index (χ0n) is 10.6. The summed E-state index contributed by atoms with van der Waals surface area (Å²) in [7, 11) is 0. The van der Waals surface area contributed by atoms with E-state index in [1.54, 1.807) is 12.1 Å². The first-order valence-corrected chi connectivity index (χ1v) is 5.65. The summed E-state index contributed by atoms with van der Waals surface area (Å²) >= 11 is 0. The van der Waals surface area contributed by atoms with Crippen LogP contribution in [0.1, 0.15) is 12.8 Å². The lowest BCUT2D eigenvalue weighted by molar-refractivity contribution is -0.206. The number of carboxylic acid groups (broad SMARTS) is 1. The average molecular weight is 305 g/mol. The summed E-state index contributed by atoms with van der Waals surface area (Å²) in [4.78, 5) is 14.6. The van der Waals surface area contributed by atoms with Crippen LogP contribution in [0.4, 0.5) is 13.2 Å². The van der Waals surface area contributed by atoms with Crippen LogP contribution in [0.3, 0.4) is 0 Å². The molecule has 2 aromatic heterocycles.